The molecule has 3 heterocycles. The fourth-order valence-electron chi connectivity index (χ4n) is 3.86. The second-order valence-corrected chi connectivity index (χ2v) is 12.5. The number of hydrogen-bond donors (Lipinski definition) is 10. The standard InChI is InChI=1S/C14H24N3O18P3/c15-7-1-2-17(13(23)16-7)14(12-10(21)8(19)5(18)3-31-12)11(22)9(20)6(33-14)4-32-37(27,28)35-38(29,30)34-36(24,25)26/h1-2,5-6,8-12,18-22H,3-4H2,(H,27,28)(H,29,30)(H2,15,16,23)(H2,24,25,26)/t5-,6-,8-,9-,10+,11-,12?,14+/m1/s1. The van der Waals surface area contributed by atoms with E-state index in [1.807, 2.05) is 0 Å². The van der Waals surface area contributed by atoms with Gasteiger partial charge in [0.2, 0.25) is 5.72 Å². The van der Waals surface area contributed by atoms with Crippen LogP contribution in [-0.4, -0.2) is 111 Å². The summed E-state index contributed by atoms with van der Waals surface area (Å²) in [4.78, 5) is 52.2. The van der Waals surface area contributed by atoms with Crippen LogP contribution in [-0.2, 0) is 42.0 Å². The number of nitrogen functional groups attached to an aromatic ring is 1. The van der Waals surface area contributed by atoms with Crippen molar-refractivity contribution in [3.05, 3.63) is 22.7 Å². The third-order valence-electron chi connectivity index (χ3n) is 5.40. The fraction of sp³-hybridized carbons (Fsp3) is 0.714. The molecule has 218 valence electrons. The molecular weight excluding hydrogens is 591 g/mol. The number of nitrogens with two attached hydrogens (primary N) is 1. The molecular formula is C14H24N3O18P3. The number of hydrogen-bond acceptors (Lipinski definition) is 16. The number of nitrogens with zero attached hydrogens (tertiary/aromatic N) is 2. The van der Waals surface area contributed by atoms with Gasteiger partial charge in [-0.2, -0.15) is 13.6 Å². The first-order valence-electron chi connectivity index (χ1n) is 10.1. The Morgan fingerprint density at radius 3 is 2.24 bits per heavy atom. The van der Waals surface area contributed by atoms with Gasteiger partial charge >= 0.3 is 29.2 Å². The van der Waals surface area contributed by atoms with Crippen molar-refractivity contribution >= 4 is 29.3 Å². The lowest BCUT2D eigenvalue weighted by atomic mass is 9.87. The summed E-state index contributed by atoms with van der Waals surface area (Å²) in [5.41, 5.74) is 1.59. The molecule has 10 atom stereocenters. The molecule has 3 rings (SSSR count). The van der Waals surface area contributed by atoms with Crippen molar-refractivity contribution in [2.45, 2.75) is 48.5 Å². The van der Waals surface area contributed by atoms with E-state index in [1.165, 1.54) is 0 Å². The SMILES string of the molecule is Nc1ccn([C@]2(C3OC[C@@H](O)[C@@H](O)[C@@H]3O)O[C@H](COP(=O)(O)OP(=O)(O)OP(=O)(O)O)[C@@H](O)[C@H]2O)c(=O)n1. The van der Waals surface area contributed by atoms with Gasteiger partial charge in [0.25, 0.3) is 0 Å². The Bertz CT molecular complexity index is 1220. The normalized spacial score (nSPS) is 37.4. The van der Waals surface area contributed by atoms with E-state index in [4.69, 9.17) is 25.0 Å². The number of aliphatic hydroxyl groups excluding tert-OH is 5. The first-order chi connectivity index (χ1) is 17.3. The molecule has 0 radical (unpaired) electrons. The number of phosphoric ester groups is 1. The molecule has 11 N–H and O–H groups in total. The van der Waals surface area contributed by atoms with Gasteiger partial charge in [-0.15, -0.1) is 0 Å². The first kappa shape index (κ1) is 31.3. The van der Waals surface area contributed by atoms with E-state index in [-0.39, 0.29) is 5.82 Å². The lowest BCUT2D eigenvalue weighted by molar-refractivity contribution is -0.288. The predicted molar refractivity (Wildman–Crippen MR) is 115 cm³/mol. The van der Waals surface area contributed by atoms with Gasteiger partial charge in [0.05, 0.1) is 13.2 Å². The van der Waals surface area contributed by atoms with Crippen molar-refractivity contribution in [1.82, 2.24) is 9.55 Å². The zero-order chi connectivity index (χ0) is 28.8. The molecule has 0 amide bonds. The van der Waals surface area contributed by atoms with E-state index < -0.39 is 90.8 Å². The number of ether oxygens (including phenoxy) is 2. The topological polar surface area (TPSA) is 340 Å². The Labute approximate surface area is 211 Å². The third kappa shape index (κ3) is 6.57. The highest BCUT2D eigenvalue weighted by atomic mass is 31.3. The summed E-state index contributed by atoms with van der Waals surface area (Å²) in [6.45, 7) is -1.92. The number of aliphatic hydroxyl groups is 5. The second-order valence-electron chi connectivity index (χ2n) is 8.04. The number of phosphoric acid groups is 3. The predicted octanol–water partition coefficient (Wildman–Crippen LogP) is -4.58. The molecule has 0 aliphatic carbocycles. The van der Waals surface area contributed by atoms with Crippen LogP contribution in [0.3, 0.4) is 0 Å². The summed E-state index contributed by atoms with van der Waals surface area (Å²) >= 11 is 0. The Balaban J connectivity index is 1.93. The van der Waals surface area contributed by atoms with E-state index in [1.54, 1.807) is 0 Å². The van der Waals surface area contributed by atoms with Gasteiger partial charge in [0, 0.05) is 6.20 Å². The van der Waals surface area contributed by atoms with Crippen molar-refractivity contribution in [3.8, 4) is 0 Å². The van der Waals surface area contributed by atoms with Crippen molar-refractivity contribution < 1.29 is 81.4 Å². The van der Waals surface area contributed by atoms with E-state index in [9.17, 15) is 53.8 Å². The number of anilines is 1. The lowest BCUT2D eigenvalue weighted by Gasteiger charge is -2.46. The summed E-state index contributed by atoms with van der Waals surface area (Å²) in [5.74, 6) is -0.292. The van der Waals surface area contributed by atoms with Crippen LogP contribution in [0.1, 0.15) is 0 Å². The summed E-state index contributed by atoms with van der Waals surface area (Å²) in [7, 11) is -17.2. The second kappa shape index (κ2) is 11.0. The summed E-state index contributed by atoms with van der Waals surface area (Å²) < 4.78 is 57.3. The van der Waals surface area contributed by atoms with E-state index in [2.05, 4.69) is 18.1 Å². The lowest BCUT2D eigenvalue weighted by Crippen LogP contribution is -2.67. The number of aromatic nitrogens is 2. The molecule has 2 aliphatic heterocycles. The molecule has 21 nitrogen and oxygen atoms in total. The first-order valence-corrected chi connectivity index (χ1v) is 14.7. The van der Waals surface area contributed by atoms with Crippen molar-refractivity contribution in [2.75, 3.05) is 18.9 Å². The highest BCUT2D eigenvalue weighted by Crippen LogP contribution is 2.66. The Kier molecular flexibility index (Phi) is 9.07. The average molecular weight is 615 g/mol. The van der Waals surface area contributed by atoms with Gasteiger partial charge in [0.1, 0.15) is 48.5 Å². The van der Waals surface area contributed by atoms with E-state index >= 15 is 0 Å². The molecule has 2 saturated heterocycles. The third-order valence-corrected chi connectivity index (χ3v) is 9.20. The zero-order valence-corrected chi connectivity index (χ0v) is 21.3. The molecule has 0 spiro atoms. The van der Waals surface area contributed by atoms with E-state index in [0.717, 1.165) is 12.3 Å². The van der Waals surface area contributed by atoms with Crippen LogP contribution < -0.4 is 11.4 Å². The molecule has 2 fully saturated rings. The molecule has 0 aromatic carbocycles. The fourth-order valence-corrected chi connectivity index (χ4v) is 6.89. The Morgan fingerprint density at radius 1 is 1.03 bits per heavy atom. The summed E-state index contributed by atoms with van der Waals surface area (Å²) in [6.07, 6.45) is -12.9. The van der Waals surface area contributed by atoms with Gasteiger partial charge in [-0.3, -0.25) is 9.09 Å². The molecule has 1 aromatic rings. The molecule has 2 aliphatic rings. The smallest absolute Gasteiger partial charge is 0.388 e. The van der Waals surface area contributed by atoms with Crippen molar-refractivity contribution in [2.24, 2.45) is 0 Å². The summed E-state index contributed by atoms with van der Waals surface area (Å²) in [6, 6.07) is 1.05. The van der Waals surface area contributed by atoms with Gasteiger partial charge in [0.15, 0.2) is 0 Å². The Hall–Kier alpha value is -1.19. The molecule has 38 heavy (non-hydrogen) atoms. The Morgan fingerprint density at radius 2 is 1.66 bits per heavy atom. The van der Waals surface area contributed by atoms with E-state index in [0.29, 0.717) is 4.57 Å². The monoisotopic (exact) mass is 615 g/mol. The van der Waals surface area contributed by atoms with Crippen LogP contribution in [0.2, 0.25) is 0 Å². The van der Waals surface area contributed by atoms with Gasteiger partial charge < -0.3 is 60.3 Å². The average Bonchev–Trinajstić information content (AvgIpc) is 2.99. The maximum Gasteiger partial charge on any atom is 0.490 e. The quantitative estimate of drug-likeness (QED) is 0.117. The van der Waals surface area contributed by atoms with Crippen LogP contribution >= 0.6 is 23.5 Å². The minimum atomic E-state index is -5.88. The van der Waals surface area contributed by atoms with Gasteiger partial charge in [-0.25, -0.2) is 18.5 Å². The maximum absolute atomic E-state index is 12.7. The number of rotatable bonds is 9. The highest BCUT2D eigenvalue weighted by Gasteiger charge is 2.64. The molecule has 24 heteroatoms. The van der Waals surface area contributed by atoms with Crippen LogP contribution in [0.15, 0.2) is 17.1 Å². The van der Waals surface area contributed by atoms with Crippen LogP contribution in [0.25, 0.3) is 0 Å². The molecule has 0 bridgehead atoms. The molecule has 0 saturated carbocycles. The minimum Gasteiger partial charge on any atom is -0.388 e. The van der Waals surface area contributed by atoms with Crippen LogP contribution in [0, 0.1) is 0 Å². The minimum absolute atomic E-state index is 0.292. The highest BCUT2D eigenvalue weighted by molar-refractivity contribution is 7.66. The molecule has 3 unspecified atom stereocenters. The van der Waals surface area contributed by atoms with Crippen LogP contribution in [0.4, 0.5) is 5.82 Å². The van der Waals surface area contributed by atoms with Crippen LogP contribution in [0.5, 0.6) is 0 Å². The maximum atomic E-state index is 12.7. The molecule has 1 aromatic heterocycles. The van der Waals surface area contributed by atoms with Crippen molar-refractivity contribution in [3.63, 3.8) is 0 Å². The zero-order valence-electron chi connectivity index (χ0n) is 18.6. The van der Waals surface area contributed by atoms with Gasteiger partial charge in [-0.05, 0) is 6.07 Å². The largest absolute Gasteiger partial charge is 0.490 e. The van der Waals surface area contributed by atoms with Crippen molar-refractivity contribution in [1.29, 1.82) is 0 Å². The summed E-state index contributed by atoms with van der Waals surface area (Å²) in [5, 5.41) is 52.0. The van der Waals surface area contributed by atoms with Gasteiger partial charge in [-0.1, -0.05) is 0 Å².